The van der Waals surface area contributed by atoms with Crippen LogP contribution < -0.4 is 15.4 Å². The van der Waals surface area contributed by atoms with E-state index in [1.54, 1.807) is 31.2 Å². The van der Waals surface area contributed by atoms with Crippen LogP contribution in [0.25, 0.3) is 0 Å². The first-order chi connectivity index (χ1) is 12.1. The van der Waals surface area contributed by atoms with E-state index >= 15 is 0 Å². The monoisotopic (exact) mass is 354 g/mol. The third kappa shape index (κ3) is 5.62. The number of amides is 2. The molecule has 1 atom stereocenters. The Kier molecular flexibility index (Phi) is 6.03. The van der Waals surface area contributed by atoms with Crippen molar-refractivity contribution in [1.29, 1.82) is 0 Å². The van der Waals surface area contributed by atoms with Crippen LogP contribution in [0.5, 0.6) is 5.75 Å². The van der Waals surface area contributed by atoms with Gasteiger partial charge in [0.1, 0.15) is 5.75 Å². The first-order valence-electron chi connectivity index (χ1n) is 8.61. The van der Waals surface area contributed by atoms with Crippen molar-refractivity contribution >= 4 is 23.2 Å². The number of benzene rings is 2. The first kappa shape index (κ1) is 19.5. The number of hydrogen-bond donors (Lipinski definition) is 2. The van der Waals surface area contributed by atoms with Crippen LogP contribution in [0.2, 0.25) is 0 Å². The van der Waals surface area contributed by atoms with Gasteiger partial charge in [0.25, 0.3) is 5.91 Å². The molecule has 2 N–H and O–H groups in total. The first-order valence-corrected chi connectivity index (χ1v) is 8.61. The highest BCUT2D eigenvalue weighted by Gasteiger charge is 2.16. The van der Waals surface area contributed by atoms with Crippen molar-refractivity contribution < 1.29 is 14.3 Å². The molecular weight excluding hydrogens is 328 g/mol. The van der Waals surface area contributed by atoms with Crippen LogP contribution in [0.4, 0.5) is 11.4 Å². The van der Waals surface area contributed by atoms with E-state index in [0.29, 0.717) is 11.4 Å². The number of nitrogens with one attached hydrogen (secondary N) is 2. The average Bonchev–Trinajstić information content (AvgIpc) is 2.55. The van der Waals surface area contributed by atoms with Gasteiger partial charge in [-0.15, -0.1) is 0 Å². The van der Waals surface area contributed by atoms with E-state index in [2.05, 4.69) is 31.4 Å². The summed E-state index contributed by atoms with van der Waals surface area (Å²) in [4.78, 5) is 23.3. The van der Waals surface area contributed by atoms with Gasteiger partial charge < -0.3 is 15.4 Å². The number of ether oxygens (including phenoxy) is 1. The van der Waals surface area contributed by atoms with Crippen molar-refractivity contribution in [1.82, 2.24) is 0 Å². The molecule has 138 valence electrons. The Hall–Kier alpha value is -2.82. The molecule has 2 aromatic rings. The van der Waals surface area contributed by atoms with E-state index in [1.165, 1.54) is 12.5 Å². The predicted octanol–water partition coefficient (Wildman–Crippen LogP) is 4.35. The van der Waals surface area contributed by atoms with Crippen molar-refractivity contribution in [3.05, 3.63) is 54.1 Å². The lowest BCUT2D eigenvalue weighted by molar-refractivity contribution is -0.122. The van der Waals surface area contributed by atoms with E-state index in [9.17, 15) is 9.59 Å². The molecule has 0 heterocycles. The Balaban J connectivity index is 1.94. The number of rotatable bonds is 5. The predicted molar refractivity (Wildman–Crippen MR) is 105 cm³/mol. The number of anilines is 2. The van der Waals surface area contributed by atoms with Gasteiger partial charge in [-0.2, -0.15) is 0 Å². The lowest BCUT2D eigenvalue weighted by Gasteiger charge is -2.19. The molecule has 0 fully saturated rings. The van der Waals surface area contributed by atoms with Crippen LogP contribution in [0.15, 0.2) is 48.5 Å². The normalized spacial score (nSPS) is 12.2. The zero-order chi connectivity index (χ0) is 19.3. The molecule has 5 heteroatoms. The highest BCUT2D eigenvalue weighted by atomic mass is 16.5. The molecule has 0 saturated heterocycles. The van der Waals surface area contributed by atoms with Crippen molar-refractivity contribution in [3.63, 3.8) is 0 Å². The van der Waals surface area contributed by atoms with Gasteiger partial charge in [0, 0.05) is 18.3 Å². The molecule has 0 saturated carbocycles. The highest BCUT2D eigenvalue weighted by molar-refractivity contribution is 5.94. The molecule has 0 aliphatic carbocycles. The van der Waals surface area contributed by atoms with Crippen molar-refractivity contribution in [3.8, 4) is 5.75 Å². The molecule has 0 radical (unpaired) electrons. The van der Waals surface area contributed by atoms with Gasteiger partial charge in [-0.3, -0.25) is 9.59 Å². The summed E-state index contributed by atoms with van der Waals surface area (Å²) in [5.74, 6) is 0.202. The van der Waals surface area contributed by atoms with E-state index in [0.717, 1.165) is 5.69 Å². The summed E-state index contributed by atoms with van der Waals surface area (Å²) in [6.45, 7) is 9.58. The third-order valence-corrected chi connectivity index (χ3v) is 3.88. The third-order valence-electron chi connectivity index (χ3n) is 3.88. The largest absolute Gasteiger partial charge is 0.481 e. The molecule has 0 aromatic heterocycles. The Morgan fingerprint density at radius 2 is 1.38 bits per heavy atom. The molecule has 0 bridgehead atoms. The van der Waals surface area contributed by atoms with E-state index < -0.39 is 6.10 Å². The summed E-state index contributed by atoms with van der Waals surface area (Å²) in [6, 6.07) is 14.7. The zero-order valence-electron chi connectivity index (χ0n) is 15.9. The Labute approximate surface area is 154 Å². The maximum Gasteiger partial charge on any atom is 0.265 e. The summed E-state index contributed by atoms with van der Waals surface area (Å²) in [7, 11) is 0. The van der Waals surface area contributed by atoms with Crippen LogP contribution in [-0.2, 0) is 15.0 Å². The van der Waals surface area contributed by atoms with Gasteiger partial charge in [-0.25, -0.2) is 0 Å². The number of hydrogen-bond acceptors (Lipinski definition) is 3. The van der Waals surface area contributed by atoms with Gasteiger partial charge in [-0.05, 0) is 54.3 Å². The lowest BCUT2D eigenvalue weighted by atomic mass is 9.87. The van der Waals surface area contributed by atoms with Crippen LogP contribution in [0, 0.1) is 0 Å². The van der Waals surface area contributed by atoms with E-state index in [1.807, 2.05) is 24.3 Å². The molecule has 0 unspecified atom stereocenters. The summed E-state index contributed by atoms with van der Waals surface area (Å²) < 4.78 is 5.66. The number of carbonyl (C=O) groups is 2. The fourth-order valence-electron chi connectivity index (χ4n) is 2.38. The maximum atomic E-state index is 12.3. The highest BCUT2D eigenvalue weighted by Crippen LogP contribution is 2.23. The van der Waals surface area contributed by atoms with Crippen LogP contribution in [0.1, 0.15) is 40.2 Å². The zero-order valence-corrected chi connectivity index (χ0v) is 15.9. The average molecular weight is 354 g/mol. The van der Waals surface area contributed by atoms with Gasteiger partial charge >= 0.3 is 0 Å². The van der Waals surface area contributed by atoms with Crippen molar-refractivity contribution in [2.45, 2.75) is 46.1 Å². The van der Waals surface area contributed by atoms with Crippen molar-refractivity contribution in [2.24, 2.45) is 0 Å². The second-order valence-electron chi connectivity index (χ2n) is 7.28. The fourth-order valence-corrected chi connectivity index (χ4v) is 2.38. The van der Waals surface area contributed by atoms with Crippen molar-refractivity contribution in [2.75, 3.05) is 10.6 Å². The fraction of sp³-hybridized carbons (Fsp3) is 0.333. The number of carbonyl (C=O) groups excluding carboxylic acids is 2. The molecule has 5 nitrogen and oxygen atoms in total. The minimum Gasteiger partial charge on any atom is -0.481 e. The van der Waals surface area contributed by atoms with Crippen LogP contribution >= 0.6 is 0 Å². The molecule has 0 aliphatic rings. The SMILES string of the molecule is CC(=O)Nc1ccc(O[C@H](C)C(=O)Nc2ccc(C(C)(C)C)cc2)cc1. The van der Waals surface area contributed by atoms with Gasteiger partial charge in [-0.1, -0.05) is 32.9 Å². The molecule has 2 amide bonds. The van der Waals surface area contributed by atoms with Gasteiger partial charge in [0.15, 0.2) is 6.10 Å². The lowest BCUT2D eigenvalue weighted by Crippen LogP contribution is -2.30. The van der Waals surface area contributed by atoms with E-state index in [4.69, 9.17) is 4.74 Å². The summed E-state index contributed by atoms with van der Waals surface area (Å²) in [5, 5.41) is 5.54. The second kappa shape index (κ2) is 8.04. The Bertz CT molecular complexity index is 759. The molecular formula is C21H26N2O3. The molecule has 2 rings (SSSR count). The summed E-state index contributed by atoms with van der Waals surface area (Å²) >= 11 is 0. The summed E-state index contributed by atoms with van der Waals surface area (Å²) in [6.07, 6.45) is -0.649. The Morgan fingerprint density at radius 3 is 1.88 bits per heavy atom. The summed E-state index contributed by atoms with van der Waals surface area (Å²) in [5.41, 5.74) is 2.70. The maximum absolute atomic E-state index is 12.3. The second-order valence-corrected chi connectivity index (χ2v) is 7.28. The molecule has 0 aliphatic heterocycles. The Morgan fingerprint density at radius 1 is 0.885 bits per heavy atom. The van der Waals surface area contributed by atoms with Gasteiger partial charge in [0.2, 0.25) is 5.91 Å². The topological polar surface area (TPSA) is 67.4 Å². The minimum absolute atomic E-state index is 0.0718. The van der Waals surface area contributed by atoms with Gasteiger partial charge in [0.05, 0.1) is 0 Å². The molecule has 26 heavy (non-hydrogen) atoms. The van der Waals surface area contributed by atoms with Crippen LogP contribution in [0.3, 0.4) is 0 Å². The standard InChI is InChI=1S/C21H26N2O3/c1-14(26-19-12-10-17(11-13-19)22-15(2)24)20(25)23-18-8-6-16(7-9-18)21(3,4)5/h6-14H,1-5H3,(H,22,24)(H,23,25)/t14-/m1/s1. The molecule has 2 aromatic carbocycles. The smallest absolute Gasteiger partial charge is 0.265 e. The van der Waals surface area contributed by atoms with E-state index in [-0.39, 0.29) is 17.2 Å². The minimum atomic E-state index is -0.649. The quantitative estimate of drug-likeness (QED) is 0.839. The van der Waals surface area contributed by atoms with Crippen LogP contribution in [-0.4, -0.2) is 17.9 Å². The molecule has 0 spiro atoms.